The van der Waals surface area contributed by atoms with Crippen molar-refractivity contribution in [1.82, 2.24) is 25.4 Å². The number of nitrogens with zero attached hydrogens (tertiary/aromatic N) is 2. The smallest absolute Gasteiger partial charge is 0.340 e. The van der Waals surface area contributed by atoms with Gasteiger partial charge in [-0.25, -0.2) is 9.89 Å². The summed E-state index contributed by atoms with van der Waals surface area (Å²) in [6, 6.07) is 8.20. The van der Waals surface area contributed by atoms with E-state index in [1.807, 2.05) is 12.1 Å². The van der Waals surface area contributed by atoms with Crippen molar-refractivity contribution in [3.8, 4) is 0 Å². The number of amides is 2. The minimum absolute atomic E-state index is 0.00125. The van der Waals surface area contributed by atoms with Crippen molar-refractivity contribution in [2.75, 3.05) is 13.1 Å². The Labute approximate surface area is 151 Å². The molecule has 0 saturated carbocycles. The molecule has 2 aromatic rings. The van der Waals surface area contributed by atoms with Gasteiger partial charge in [-0.05, 0) is 17.5 Å². The highest BCUT2D eigenvalue weighted by Gasteiger charge is 2.34. The lowest BCUT2D eigenvalue weighted by Crippen LogP contribution is -2.34. The minimum Gasteiger partial charge on any atom is -0.355 e. The Kier molecular flexibility index (Phi) is 5.50. The molecule has 2 amide bonds. The summed E-state index contributed by atoms with van der Waals surface area (Å²) in [4.78, 5) is 39.7. The molecule has 8 heteroatoms. The molecule has 2 heterocycles. The first-order valence-corrected chi connectivity index (χ1v) is 8.82. The summed E-state index contributed by atoms with van der Waals surface area (Å²) in [5, 5.41) is 8.87. The number of hydrogen-bond donors (Lipinski definition) is 3. The molecule has 1 aliphatic rings. The second-order valence-electron chi connectivity index (χ2n) is 6.51. The van der Waals surface area contributed by atoms with Crippen LogP contribution in [0.4, 0.5) is 0 Å². The lowest BCUT2D eigenvalue weighted by Gasteiger charge is -2.17. The fourth-order valence-corrected chi connectivity index (χ4v) is 3.07. The molecular formula is C18H23N5O3. The SMILES string of the molecule is CCc1ccc(CN2CC(C(=O)NCCc3n[nH]c(=O)[nH]3)CC2=O)cc1. The monoisotopic (exact) mass is 357 g/mol. The van der Waals surface area contributed by atoms with Crippen LogP contribution in [0.25, 0.3) is 0 Å². The van der Waals surface area contributed by atoms with Gasteiger partial charge in [0.15, 0.2) is 0 Å². The van der Waals surface area contributed by atoms with Crippen molar-refractivity contribution < 1.29 is 9.59 Å². The Bertz CT molecular complexity index is 824. The van der Waals surface area contributed by atoms with E-state index in [0.29, 0.717) is 31.9 Å². The Balaban J connectivity index is 1.48. The van der Waals surface area contributed by atoms with Crippen molar-refractivity contribution in [3.05, 3.63) is 51.7 Å². The largest absolute Gasteiger partial charge is 0.355 e. The predicted molar refractivity (Wildman–Crippen MR) is 95.3 cm³/mol. The molecule has 1 aromatic carbocycles. The molecule has 0 radical (unpaired) electrons. The van der Waals surface area contributed by atoms with Crippen molar-refractivity contribution in [2.45, 2.75) is 32.7 Å². The normalized spacial score (nSPS) is 16.9. The Morgan fingerprint density at radius 1 is 1.27 bits per heavy atom. The van der Waals surface area contributed by atoms with E-state index in [1.165, 1.54) is 5.56 Å². The van der Waals surface area contributed by atoms with Crippen molar-refractivity contribution in [1.29, 1.82) is 0 Å². The summed E-state index contributed by atoms with van der Waals surface area (Å²) >= 11 is 0. The molecule has 1 unspecified atom stereocenters. The van der Waals surface area contributed by atoms with Crippen LogP contribution in [0.5, 0.6) is 0 Å². The van der Waals surface area contributed by atoms with Gasteiger partial charge in [0.25, 0.3) is 0 Å². The van der Waals surface area contributed by atoms with Gasteiger partial charge >= 0.3 is 5.69 Å². The molecule has 8 nitrogen and oxygen atoms in total. The topological polar surface area (TPSA) is 111 Å². The molecule has 1 aliphatic heterocycles. The third-order valence-electron chi connectivity index (χ3n) is 4.60. The number of carbonyl (C=O) groups is 2. The van der Waals surface area contributed by atoms with Gasteiger partial charge in [0.05, 0.1) is 5.92 Å². The summed E-state index contributed by atoms with van der Waals surface area (Å²) in [5.74, 6) is 0.0204. The van der Waals surface area contributed by atoms with Crippen LogP contribution >= 0.6 is 0 Å². The molecule has 3 rings (SSSR count). The van der Waals surface area contributed by atoms with Crippen molar-refractivity contribution >= 4 is 11.8 Å². The highest BCUT2D eigenvalue weighted by molar-refractivity contribution is 5.89. The molecule has 1 saturated heterocycles. The number of H-pyrrole nitrogens is 2. The predicted octanol–water partition coefficient (Wildman–Crippen LogP) is 0.368. The summed E-state index contributed by atoms with van der Waals surface area (Å²) in [6.45, 7) is 3.43. The molecule has 138 valence electrons. The molecule has 1 aromatic heterocycles. The van der Waals surface area contributed by atoms with Crippen molar-refractivity contribution in [2.24, 2.45) is 5.92 Å². The zero-order chi connectivity index (χ0) is 18.5. The third-order valence-corrected chi connectivity index (χ3v) is 4.60. The molecular weight excluding hydrogens is 334 g/mol. The van der Waals surface area contributed by atoms with Gasteiger partial charge in [-0.2, -0.15) is 5.10 Å². The molecule has 3 N–H and O–H groups in total. The number of hydrogen-bond acceptors (Lipinski definition) is 4. The van der Waals surface area contributed by atoms with E-state index in [9.17, 15) is 14.4 Å². The van der Waals surface area contributed by atoms with E-state index >= 15 is 0 Å². The first-order chi connectivity index (χ1) is 12.5. The van der Waals surface area contributed by atoms with Crippen LogP contribution in [0.2, 0.25) is 0 Å². The number of rotatable bonds is 7. The third kappa shape index (κ3) is 4.38. The highest BCUT2D eigenvalue weighted by Crippen LogP contribution is 2.20. The quantitative estimate of drug-likeness (QED) is 0.665. The first-order valence-electron chi connectivity index (χ1n) is 8.82. The van der Waals surface area contributed by atoms with E-state index in [0.717, 1.165) is 12.0 Å². The standard InChI is InChI=1S/C18H23N5O3/c1-2-12-3-5-13(6-4-12)10-23-11-14(9-16(23)24)17(25)19-8-7-15-20-18(26)22-21-15/h3-6,14H,2,7-11H2,1H3,(H,19,25)(H2,20,21,22,26). The van der Waals surface area contributed by atoms with E-state index < -0.39 is 0 Å². The van der Waals surface area contributed by atoms with E-state index in [4.69, 9.17) is 0 Å². The van der Waals surface area contributed by atoms with Gasteiger partial charge in [0, 0.05) is 32.5 Å². The van der Waals surface area contributed by atoms with Crippen LogP contribution < -0.4 is 11.0 Å². The van der Waals surface area contributed by atoms with Crippen LogP contribution in [0.15, 0.2) is 29.1 Å². The maximum atomic E-state index is 12.3. The number of aryl methyl sites for hydroxylation is 1. The van der Waals surface area contributed by atoms with Crippen LogP contribution in [-0.2, 0) is 29.0 Å². The number of aromatic nitrogens is 3. The summed E-state index contributed by atoms with van der Waals surface area (Å²) in [5.41, 5.74) is 1.96. The van der Waals surface area contributed by atoms with Crippen LogP contribution in [-0.4, -0.2) is 45.0 Å². The average molecular weight is 357 g/mol. The van der Waals surface area contributed by atoms with Gasteiger partial charge in [-0.3, -0.25) is 14.6 Å². The molecule has 0 spiro atoms. The summed E-state index contributed by atoms with van der Waals surface area (Å²) in [6.07, 6.45) is 1.65. The fourth-order valence-electron chi connectivity index (χ4n) is 3.07. The summed E-state index contributed by atoms with van der Waals surface area (Å²) in [7, 11) is 0. The van der Waals surface area contributed by atoms with Crippen LogP contribution in [0.1, 0.15) is 30.3 Å². The Morgan fingerprint density at radius 3 is 2.65 bits per heavy atom. The minimum atomic E-state index is -0.365. The first kappa shape index (κ1) is 17.9. The molecule has 1 fully saturated rings. The number of aromatic amines is 2. The van der Waals surface area contributed by atoms with Crippen LogP contribution in [0.3, 0.4) is 0 Å². The maximum absolute atomic E-state index is 12.3. The van der Waals surface area contributed by atoms with E-state index in [1.54, 1.807) is 4.90 Å². The van der Waals surface area contributed by atoms with E-state index in [-0.39, 0.29) is 29.8 Å². The lowest BCUT2D eigenvalue weighted by atomic mass is 10.1. The Morgan fingerprint density at radius 2 is 2.00 bits per heavy atom. The van der Waals surface area contributed by atoms with Crippen LogP contribution in [0, 0.1) is 5.92 Å². The highest BCUT2D eigenvalue weighted by atomic mass is 16.2. The zero-order valence-corrected chi connectivity index (χ0v) is 14.7. The van der Waals surface area contributed by atoms with Crippen molar-refractivity contribution in [3.63, 3.8) is 0 Å². The number of likely N-dealkylation sites (tertiary alicyclic amines) is 1. The molecule has 1 atom stereocenters. The molecule has 26 heavy (non-hydrogen) atoms. The second-order valence-corrected chi connectivity index (χ2v) is 6.51. The number of benzene rings is 1. The second kappa shape index (κ2) is 7.99. The Hall–Kier alpha value is -2.90. The fraction of sp³-hybridized carbons (Fsp3) is 0.444. The van der Waals surface area contributed by atoms with Gasteiger partial charge in [-0.15, -0.1) is 0 Å². The molecule has 0 aliphatic carbocycles. The number of nitrogens with one attached hydrogen (secondary N) is 3. The lowest BCUT2D eigenvalue weighted by molar-refractivity contribution is -0.129. The molecule has 0 bridgehead atoms. The van der Waals surface area contributed by atoms with Gasteiger partial charge < -0.3 is 10.2 Å². The van der Waals surface area contributed by atoms with Gasteiger partial charge in [-0.1, -0.05) is 31.2 Å². The zero-order valence-electron chi connectivity index (χ0n) is 14.7. The maximum Gasteiger partial charge on any atom is 0.340 e. The van der Waals surface area contributed by atoms with Gasteiger partial charge in [0.2, 0.25) is 11.8 Å². The number of carbonyl (C=O) groups excluding carboxylic acids is 2. The average Bonchev–Trinajstić information content (AvgIpc) is 3.21. The van der Waals surface area contributed by atoms with E-state index in [2.05, 4.69) is 39.6 Å². The summed E-state index contributed by atoms with van der Waals surface area (Å²) < 4.78 is 0. The van der Waals surface area contributed by atoms with Gasteiger partial charge in [0.1, 0.15) is 5.82 Å².